The van der Waals surface area contributed by atoms with Gasteiger partial charge in [0.2, 0.25) is 0 Å². The summed E-state index contributed by atoms with van der Waals surface area (Å²) < 4.78 is 0. The van der Waals surface area contributed by atoms with Crippen molar-refractivity contribution in [1.29, 1.82) is 0 Å². The van der Waals surface area contributed by atoms with E-state index in [-0.39, 0.29) is 5.75 Å². The molecule has 0 aliphatic heterocycles. The molecule has 5 heteroatoms. The number of nitrogens with zero attached hydrogens (tertiary/aromatic N) is 1. The Morgan fingerprint density at radius 2 is 1.50 bits per heavy atom. The van der Waals surface area contributed by atoms with Gasteiger partial charge in [0, 0.05) is 17.2 Å². The van der Waals surface area contributed by atoms with Gasteiger partial charge in [-0.25, -0.2) is 0 Å². The van der Waals surface area contributed by atoms with Crippen molar-refractivity contribution in [2.75, 3.05) is 0 Å². The van der Waals surface area contributed by atoms with Crippen molar-refractivity contribution in [3.05, 3.63) is 72.3 Å². The molecule has 2 nitrogen and oxygen atoms in total. The monoisotopic (exact) mass is 365 g/mol. The fourth-order valence-electron chi connectivity index (χ4n) is 2.03. The number of rotatable bonds is 2. The zero-order chi connectivity index (χ0) is 15.8. The van der Waals surface area contributed by atoms with E-state index in [2.05, 4.69) is 4.99 Å². The van der Waals surface area contributed by atoms with E-state index >= 15 is 0 Å². The molecule has 0 atom stereocenters. The molecule has 0 unspecified atom stereocenters. The minimum atomic E-state index is -0.556. The van der Waals surface area contributed by atoms with Gasteiger partial charge in [-0.3, -0.25) is 4.99 Å². The molecular formula is C17H13Cl2NOTi. The van der Waals surface area contributed by atoms with E-state index in [0.29, 0.717) is 0 Å². The average molecular weight is 366 g/mol. The molecule has 0 aliphatic rings. The summed E-state index contributed by atoms with van der Waals surface area (Å²) >= 11 is -0.556. The van der Waals surface area contributed by atoms with Crippen molar-refractivity contribution in [2.24, 2.45) is 4.99 Å². The molecule has 110 valence electrons. The number of phenols is 1. The van der Waals surface area contributed by atoms with Gasteiger partial charge in [-0.1, -0.05) is 48.5 Å². The summed E-state index contributed by atoms with van der Waals surface area (Å²) in [6.07, 6.45) is 1.69. The van der Waals surface area contributed by atoms with Crippen LogP contribution in [0.2, 0.25) is 0 Å². The Hall–Kier alpha value is -1.32. The molecule has 22 heavy (non-hydrogen) atoms. The van der Waals surface area contributed by atoms with Crippen LogP contribution in [-0.2, 0) is 17.0 Å². The van der Waals surface area contributed by atoms with Crippen LogP contribution in [0.5, 0.6) is 5.75 Å². The minimum absolute atomic E-state index is 0.276. The fourth-order valence-corrected chi connectivity index (χ4v) is 2.03. The Morgan fingerprint density at radius 1 is 0.864 bits per heavy atom. The van der Waals surface area contributed by atoms with Gasteiger partial charge >= 0.3 is 35.6 Å². The van der Waals surface area contributed by atoms with Gasteiger partial charge in [-0.15, -0.1) is 0 Å². The molecule has 0 bridgehead atoms. The van der Waals surface area contributed by atoms with Crippen LogP contribution in [0.4, 0.5) is 5.69 Å². The molecule has 3 aromatic rings. The maximum absolute atomic E-state index is 10.2. The van der Waals surface area contributed by atoms with Crippen molar-refractivity contribution in [3.63, 3.8) is 0 Å². The quantitative estimate of drug-likeness (QED) is 0.460. The van der Waals surface area contributed by atoms with E-state index in [0.717, 1.165) is 22.0 Å². The number of hydrogen-bond donors (Lipinski definition) is 1. The summed E-state index contributed by atoms with van der Waals surface area (Å²) in [5, 5.41) is 12.1. The number of aliphatic imine (C=N–C) groups is 1. The van der Waals surface area contributed by atoms with Gasteiger partial charge < -0.3 is 5.11 Å². The SMILES string of the molecule is Oc1c(C=Nc2ccccc2)ccc2ccccc12.[Cl][Ti][Cl]. The van der Waals surface area contributed by atoms with E-state index < -0.39 is 17.0 Å². The molecule has 0 aromatic heterocycles. The Kier molecular flexibility index (Phi) is 6.95. The molecule has 3 aromatic carbocycles. The van der Waals surface area contributed by atoms with Crippen LogP contribution >= 0.6 is 18.6 Å². The summed E-state index contributed by atoms with van der Waals surface area (Å²) in [5.74, 6) is 0.276. The molecule has 1 N–H and O–H groups in total. The normalized spacial score (nSPS) is 10.3. The Bertz CT molecular complexity index is 763. The molecule has 0 saturated heterocycles. The zero-order valence-corrected chi connectivity index (χ0v) is 14.7. The van der Waals surface area contributed by atoms with Crippen molar-refractivity contribution in [1.82, 2.24) is 0 Å². The molecule has 0 saturated carbocycles. The van der Waals surface area contributed by atoms with Crippen molar-refractivity contribution in [3.8, 4) is 5.75 Å². The van der Waals surface area contributed by atoms with Crippen LogP contribution in [0.15, 0.2) is 71.7 Å². The molecule has 3 rings (SSSR count). The van der Waals surface area contributed by atoms with Crippen LogP contribution in [-0.4, -0.2) is 11.3 Å². The zero-order valence-electron chi connectivity index (χ0n) is 11.6. The third-order valence-electron chi connectivity index (χ3n) is 3.04. The summed E-state index contributed by atoms with van der Waals surface area (Å²) in [4.78, 5) is 4.36. The number of benzene rings is 3. The van der Waals surface area contributed by atoms with Crippen LogP contribution in [0, 0.1) is 0 Å². The molecule has 0 radical (unpaired) electrons. The first-order valence-corrected chi connectivity index (χ1v) is 10.8. The van der Waals surface area contributed by atoms with Crippen LogP contribution in [0.1, 0.15) is 5.56 Å². The standard InChI is InChI=1S/C17H13NO.2ClH.Ti/c19-17-14(12-18-15-7-2-1-3-8-15)11-10-13-6-4-5-9-16(13)17;;;/h1-12,19H;2*1H;/q;;;+2/p-2. The first-order chi connectivity index (χ1) is 10.8. The van der Waals surface area contributed by atoms with Gasteiger partial charge in [0.25, 0.3) is 0 Å². The number of fused-ring (bicyclic) bond motifs is 1. The van der Waals surface area contributed by atoms with Crippen molar-refractivity contribution < 1.29 is 22.1 Å². The molecule has 0 aliphatic carbocycles. The van der Waals surface area contributed by atoms with Gasteiger partial charge in [-0.2, -0.15) is 0 Å². The van der Waals surface area contributed by atoms with Gasteiger partial charge in [0.1, 0.15) is 5.75 Å². The summed E-state index contributed by atoms with van der Waals surface area (Å²) in [6, 6.07) is 21.3. The van der Waals surface area contributed by atoms with Crippen LogP contribution in [0.3, 0.4) is 0 Å². The first kappa shape index (κ1) is 17.0. The first-order valence-electron chi connectivity index (χ1n) is 6.52. The number of para-hydroxylation sites is 1. The Morgan fingerprint density at radius 3 is 2.23 bits per heavy atom. The average Bonchev–Trinajstić information content (AvgIpc) is 2.56. The molecule has 0 heterocycles. The Balaban J connectivity index is 0.000000545. The van der Waals surface area contributed by atoms with E-state index in [1.54, 1.807) is 6.21 Å². The van der Waals surface area contributed by atoms with E-state index in [1.165, 1.54) is 0 Å². The summed E-state index contributed by atoms with van der Waals surface area (Å²) in [6.45, 7) is 0. The molecule has 0 fully saturated rings. The number of halogens is 2. The van der Waals surface area contributed by atoms with Gasteiger partial charge in [0.05, 0.1) is 5.69 Å². The van der Waals surface area contributed by atoms with E-state index in [1.807, 2.05) is 66.7 Å². The third kappa shape index (κ3) is 4.59. The second kappa shape index (κ2) is 8.97. The second-order valence-electron chi connectivity index (χ2n) is 4.39. The molecular weight excluding hydrogens is 353 g/mol. The Labute approximate surface area is 146 Å². The number of phenolic OH excluding ortho intramolecular Hbond substituents is 1. The number of aromatic hydroxyl groups is 1. The fraction of sp³-hybridized carbons (Fsp3) is 0. The van der Waals surface area contributed by atoms with Crippen molar-refractivity contribution in [2.45, 2.75) is 0 Å². The topological polar surface area (TPSA) is 32.6 Å². The third-order valence-corrected chi connectivity index (χ3v) is 3.04. The van der Waals surface area contributed by atoms with E-state index in [9.17, 15) is 5.11 Å². The maximum atomic E-state index is 10.2. The number of hydrogen-bond acceptors (Lipinski definition) is 2. The molecule has 0 spiro atoms. The second-order valence-corrected chi connectivity index (χ2v) is 6.97. The summed E-state index contributed by atoms with van der Waals surface area (Å²) in [7, 11) is 9.78. The van der Waals surface area contributed by atoms with E-state index in [4.69, 9.17) is 18.6 Å². The van der Waals surface area contributed by atoms with Crippen molar-refractivity contribution >= 4 is 41.3 Å². The van der Waals surface area contributed by atoms with Crippen LogP contribution < -0.4 is 0 Å². The van der Waals surface area contributed by atoms with Gasteiger partial charge in [0.15, 0.2) is 0 Å². The molecule has 0 amide bonds. The van der Waals surface area contributed by atoms with Gasteiger partial charge in [-0.05, 0) is 23.6 Å². The predicted octanol–water partition coefficient (Wildman–Crippen LogP) is 5.67. The predicted molar refractivity (Wildman–Crippen MR) is 91.0 cm³/mol. The van der Waals surface area contributed by atoms with Crippen LogP contribution in [0.25, 0.3) is 10.8 Å². The summed E-state index contributed by atoms with van der Waals surface area (Å²) in [5.41, 5.74) is 1.60.